The lowest BCUT2D eigenvalue weighted by Crippen LogP contribution is -1.96. The summed E-state index contributed by atoms with van der Waals surface area (Å²) in [6, 6.07) is 0. The molecule has 2 rings (SSSR count). The molecule has 0 atom stereocenters. The molecule has 1 aromatic rings. The van der Waals surface area contributed by atoms with Crippen LogP contribution in [0.1, 0.15) is 28.9 Å². The first-order valence-corrected chi connectivity index (χ1v) is 4.66. The molecule has 58 valence electrons. The second-order valence-corrected chi connectivity index (χ2v) is 3.82. The number of thiazole rings is 1. The second-order valence-electron chi connectivity index (χ2n) is 2.94. The van der Waals surface area contributed by atoms with Crippen molar-refractivity contribution >= 4 is 17.1 Å². The Morgan fingerprint density at radius 3 is 3.09 bits per heavy atom. The van der Waals surface area contributed by atoms with Crippen molar-refractivity contribution in [1.82, 2.24) is 4.98 Å². The SMILES string of the molecule is O=C(CC1CC1)c1cncs1. The van der Waals surface area contributed by atoms with E-state index in [0.717, 1.165) is 11.3 Å². The molecule has 1 aromatic heterocycles. The van der Waals surface area contributed by atoms with E-state index >= 15 is 0 Å². The van der Waals surface area contributed by atoms with Crippen molar-refractivity contribution in [3.8, 4) is 0 Å². The lowest BCUT2D eigenvalue weighted by atomic mass is 10.2. The number of nitrogens with zero attached hydrogens (tertiary/aromatic N) is 1. The van der Waals surface area contributed by atoms with Gasteiger partial charge in [0.2, 0.25) is 0 Å². The Bertz CT molecular complexity index is 251. The molecule has 0 amide bonds. The van der Waals surface area contributed by atoms with Gasteiger partial charge < -0.3 is 0 Å². The summed E-state index contributed by atoms with van der Waals surface area (Å²) in [7, 11) is 0. The van der Waals surface area contributed by atoms with E-state index in [1.165, 1.54) is 24.2 Å². The zero-order valence-corrected chi connectivity index (χ0v) is 6.93. The number of Topliss-reactive ketones (excluding diaryl/α,β-unsaturated/α-hetero) is 1. The fourth-order valence-corrected chi connectivity index (χ4v) is 1.61. The van der Waals surface area contributed by atoms with Crippen LogP contribution in [0.3, 0.4) is 0 Å². The maximum atomic E-state index is 11.3. The Morgan fingerprint density at radius 1 is 1.73 bits per heavy atom. The van der Waals surface area contributed by atoms with Crippen molar-refractivity contribution in [2.75, 3.05) is 0 Å². The zero-order valence-electron chi connectivity index (χ0n) is 6.12. The molecule has 11 heavy (non-hydrogen) atoms. The molecule has 0 bridgehead atoms. The standard InChI is InChI=1S/C8H9NOS/c10-7(3-6-1-2-6)8-4-9-5-11-8/h4-6H,1-3H2. The molecular formula is C8H9NOS. The summed E-state index contributed by atoms with van der Waals surface area (Å²) in [5.74, 6) is 0.958. The van der Waals surface area contributed by atoms with Crippen LogP contribution < -0.4 is 0 Å². The Hall–Kier alpha value is -0.700. The maximum absolute atomic E-state index is 11.3. The fraction of sp³-hybridized carbons (Fsp3) is 0.500. The van der Waals surface area contributed by atoms with Crippen LogP contribution in [0.2, 0.25) is 0 Å². The first-order chi connectivity index (χ1) is 5.36. The molecule has 0 aromatic carbocycles. The Morgan fingerprint density at radius 2 is 2.55 bits per heavy atom. The van der Waals surface area contributed by atoms with Crippen LogP contribution in [0, 0.1) is 5.92 Å². The van der Waals surface area contributed by atoms with E-state index in [9.17, 15) is 4.79 Å². The molecule has 0 unspecified atom stereocenters. The molecule has 1 fully saturated rings. The molecule has 1 aliphatic carbocycles. The quantitative estimate of drug-likeness (QED) is 0.645. The van der Waals surface area contributed by atoms with Gasteiger partial charge in [0.25, 0.3) is 0 Å². The van der Waals surface area contributed by atoms with Gasteiger partial charge in [-0.15, -0.1) is 11.3 Å². The lowest BCUT2D eigenvalue weighted by molar-refractivity contribution is 0.0980. The average Bonchev–Trinajstić information content (AvgIpc) is 2.67. The van der Waals surface area contributed by atoms with Crippen LogP contribution in [0.15, 0.2) is 11.7 Å². The van der Waals surface area contributed by atoms with E-state index in [0.29, 0.717) is 5.92 Å². The summed E-state index contributed by atoms with van der Waals surface area (Å²) < 4.78 is 0. The van der Waals surface area contributed by atoms with Gasteiger partial charge in [-0.1, -0.05) is 0 Å². The highest BCUT2D eigenvalue weighted by Crippen LogP contribution is 2.33. The van der Waals surface area contributed by atoms with Gasteiger partial charge in [0, 0.05) is 12.6 Å². The van der Waals surface area contributed by atoms with Crippen LogP contribution >= 0.6 is 11.3 Å². The molecule has 3 heteroatoms. The minimum absolute atomic E-state index is 0.273. The zero-order chi connectivity index (χ0) is 7.68. The molecule has 0 spiro atoms. The lowest BCUT2D eigenvalue weighted by Gasteiger charge is -1.91. The smallest absolute Gasteiger partial charge is 0.174 e. The topological polar surface area (TPSA) is 30.0 Å². The Balaban J connectivity index is 1.99. The van der Waals surface area contributed by atoms with Gasteiger partial charge in [0.05, 0.1) is 10.4 Å². The van der Waals surface area contributed by atoms with Gasteiger partial charge in [-0.2, -0.15) is 0 Å². The highest BCUT2D eigenvalue weighted by molar-refractivity contribution is 7.11. The third-order valence-corrected chi connectivity index (χ3v) is 2.69. The van der Waals surface area contributed by atoms with Gasteiger partial charge in [0.1, 0.15) is 0 Å². The molecular weight excluding hydrogens is 158 g/mol. The summed E-state index contributed by atoms with van der Waals surface area (Å²) >= 11 is 1.44. The molecule has 0 saturated heterocycles. The van der Waals surface area contributed by atoms with Crippen LogP contribution in [0.25, 0.3) is 0 Å². The van der Waals surface area contributed by atoms with Crippen molar-refractivity contribution in [2.24, 2.45) is 5.92 Å². The molecule has 0 radical (unpaired) electrons. The number of hydrogen-bond donors (Lipinski definition) is 0. The predicted octanol–water partition coefficient (Wildman–Crippen LogP) is 2.13. The van der Waals surface area contributed by atoms with E-state index in [1.807, 2.05) is 0 Å². The molecule has 0 aliphatic heterocycles. The van der Waals surface area contributed by atoms with E-state index in [-0.39, 0.29) is 5.78 Å². The van der Waals surface area contributed by atoms with Gasteiger partial charge >= 0.3 is 0 Å². The van der Waals surface area contributed by atoms with Crippen LogP contribution in [0.4, 0.5) is 0 Å². The van der Waals surface area contributed by atoms with Crippen LogP contribution in [-0.4, -0.2) is 10.8 Å². The van der Waals surface area contributed by atoms with Gasteiger partial charge in [-0.3, -0.25) is 9.78 Å². The maximum Gasteiger partial charge on any atom is 0.174 e. The van der Waals surface area contributed by atoms with Crippen LogP contribution in [-0.2, 0) is 0 Å². The number of carbonyl (C=O) groups is 1. The normalized spacial score (nSPS) is 16.7. The Labute approximate surface area is 69.3 Å². The van der Waals surface area contributed by atoms with Gasteiger partial charge in [-0.05, 0) is 18.8 Å². The monoisotopic (exact) mass is 167 g/mol. The number of aromatic nitrogens is 1. The number of hydrogen-bond acceptors (Lipinski definition) is 3. The van der Waals surface area contributed by atoms with Crippen molar-refractivity contribution in [1.29, 1.82) is 0 Å². The highest BCUT2D eigenvalue weighted by atomic mass is 32.1. The number of rotatable bonds is 3. The number of carbonyl (C=O) groups excluding carboxylic acids is 1. The van der Waals surface area contributed by atoms with Crippen molar-refractivity contribution in [3.63, 3.8) is 0 Å². The van der Waals surface area contributed by atoms with E-state index < -0.39 is 0 Å². The van der Waals surface area contributed by atoms with Crippen molar-refractivity contribution in [3.05, 3.63) is 16.6 Å². The largest absolute Gasteiger partial charge is 0.293 e. The summed E-state index contributed by atoms with van der Waals surface area (Å²) in [5, 5.41) is 0. The molecule has 1 saturated carbocycles. The second kappa shape index (κ2) is 2.74. The third-order valence-electron chi connectivity index (χ3n) is 1.88. The summed E-state index contributed by atoms with van der Waals surface area (Å²) in [6.07, 6.45) is 4.88. The molecule has 1 heterocycles. The minimum Gasteiger partial charge on any atom is -0.293 e. The van der Waals surface area contributed by atoms with Gasteiger partial charge in [-0.25, -0.2) is 0 Å². The molecule has 0 N–H and O–H groups in total. The first kappa shape index (κ1) is 6.98. The van der Waals surface area contributed by atoms with E-state index in [4.69, 9.17) is 0 Å². The number of ketones is 1. The minimum atomic E-state index is 0.273. The first-order valence-electron chi connectivity index (χ1n) is 3.78. The van der Waals surface area contributed by atoms with E-state index in [1.54, 1.807) is 11.7 Å². The fourth-order valence-electron chi connectivity index (χ4n) is 1.04. The van der Waals surface area contributed by atoms with Crippen LogP contribution in [0.5, 0.6) is 0 Å². The van der Waals surface area contributed by atoms with Crippen molar-refractivity contribution < 1.29 is 4.79 Å². The summed E-state index contributed by atoms with van der Waals surface area (Å²) in [6.45, 7) is 0. The average molecular weight is 167 g/mol. The van der Waals surface area contributed by atoms with E-state index in [2.05, 4.69) is 4.98 Å². The molecule has 2 nitrogen and oxygen atoms in total. The Kier molecular flexibility index (Phi) is 1.74. The molecule has 1 aliphatic rings. The summed E-state index contributed by atoms with van der Waals surface area (Å²) in [4.78, 5) is 16.0. The summed E-state index contributed by atoms with van der Waals surface area (Å²) in [5.41, 5.74) is 1.71. The predicted molar refractivity (Wildman–Crippen MR) is 43.8 cm³/mol. The third kappa shape index (κ3) is 1.66. The highest BCUT2D eigenvalue weighted by Gasteiger charge is 2.25. The van der Waals surface area contributed by atoms with Crippen molar-refractivity contribution in [2.45, 2.75) is 19.3 Å². The van der Waals surface area contributed by atoms with Gasteiger partial charge in [0.15, 0.2) is 5.78 Å².